The van der Waals surface area contributed by atoms with E-state index in [2.05, 4.69) is 50.1 Å². The molecule has 0 unspecified atom stereocenters. The summed E-state index contributed by atoms with van der Waals surface area (Å²) in [5, 5.41) is 0.777. The van der Waals surface area contributed by atoms with E-state index in [0.717, 1.165) is 13.4 Å². The second kappa shape index (κ2) is 6.45. The number of allylic oxidation sites excluding steroid dienone is 4. The highest BCUT2D eigenvalue weighted by atomic mass is 127. The maximum Gasteiger partial charge on any atom is 0.268 e. The van der Waals surface area contributed by atoms with Crippen LogP contribution in [0.5, 0.6) is 0 Å². The average Bonchev–Trinajstić information content (AvgIpc) is 2.76. The zero-order valence-corrected chi connectivity index (χ0v) is 15.7. The average molecular weight is 479 g/mol. The van der Waals surface area contributed by atoms with Crippen molar-refractivity contribution in [3.8, 4) is 0 Å². The Morgan fingerprint density at radius 2 is 2.19 bits per heavy atom. The molecule has 2 aromatic rings. The lowest BCUT2D eigenvalue weighted by Gasteiger charge is -2.06. The van der Waals surface area contributed by atoms with E-state index in [-0.39, 0.29) is 4.91 Å². The highest BCUT2D eigenvalue weighted by molar-refractivity contribution is 14.1. The summed E-state index contributed by atoms with van der Waals surface area (Å²) in [5.41, 5.74) is 0.392. The van der Waals surface area contributed by atoms with E-state index < -0.39 is 10.0 Å². The molecule has 110 valence electrons. The van der Waals surface area contributed by atoms with Gasteiger partial charge in [-0.15, -0.1) is 0 Å². The van der Waals surface area contributed by atoms with E-state index in [1.165, 1.54) is 10.0 Å². The summed E-state index contributed by atoms with van der Waals surface area (Å²) in [6.07, 6.45) is 9.78. The Morgan fingerprint density at radius 1 is 1.48 bits per heavy atom. The Balaban J connectivity index is 2.58. The molecular formula is C14H12BrIN2O2S. The zero-order valence-electron chi connectivity index (χ0n) is 11.1. The Kier molecular flexibility index (Phi) is 5.05. The normalized spacial score (nSPS) is 12.7. The lowest BCUT2D eigenvalue weighted by atomic mass is 10.3. The molecule has 0 aliphatic rings. The zero-order chi connectivity index (χ0) is 15.6. The molecule has 21 heavy (non-hydrogen) atoms. The Hall–Kier alpha value is -0.930. The molecule has 0 fully saturated rings. The summed E-state index contributed by atoms with van der Waals surface area (Å²) in [7, 11) is -3.72. The van der Waals surface area contributed by atoms with Crippen LogP contribution in [0.4, 0.5) is 0 Å². The van der Waals surface area contributed by atoms with Crippen LogP contribution < -0.4 is 0 Å². The monoisotopic (exact) mass is 478 g/mol. The van der Waals surface area contributed by atoms with Crippen LogP contribution in [0.2, 0.25) is 0 Å². The lowest BCUT2D eigenvalue weighted by Crippen LogP contribution is -2.12. The van der Waals surface area contributed by atoms with Gasteiger partial charge in [0.1, 0.15) is 0 Å². The molecule has 2 heterocycles. The second-order valence-corrected chi connectivity index (χ2v) is 8.10. The first-order chi connectivity index (χ1) is 9.87. The smallest absolute Gasteiger partial charge is 0.236 e. The van der Waals surface area contributed by atoms with Crippen molar-refractivity contribution < 1.29 is 8.42 Å². The number of pyridine rings is 1. The number of halogens is 2. The van der Waals surface area contributed by atoms with Gasteiger partial charge in [0, 0.05) is 25.8 Å². The number of nitrogens with zero attached hydrogens (tertiary/aromatic N) is 2. The molecule has 0 N–H and O–H groups in total. The highest BCUT2D eigenvalue weighted by Gasteiger charge is 2.21. The summed E-state index contributed by atoms with van der Waals surface area (Å²) >= 11 is 5.43. The molecule has 0 atom stereocenters. The highest BCUT2D eigenvalue weighted by Crippen LogP contribution is 2.27. The molecular weight excluding hydrogens is 467 g/mol. The van der Waals surface area contributed by atoms with E-state index in [9.17, 15) is 8.42 Å². The molecule has 4 nitrogen and oxygen atoms in total. The molecule has 0 saturated carbocycles. The van der Waals surface area contributed by atoms with Gasteiger partial charge in [-0.25, -0.2) is 17.4 Å². The van der Waals surface area contributed by atoms with E-state index in [1.807, 2.05) is 19.1 Å². The van der Waals surface area contributed by atoms with Crippen LogP contribution in [-0.4, -0.2) is 17.4 Å². The topological polar surface area (TPSA) is 52.0 Å². The van der Waals surface area contributed by atoms with Gasteiger partial charge in [-0.3, -0.25) is 0 Å². The van der Waals surface area contributed by atoms with E-state index in [1.54, 1.807) is 24.5 Å². The molecule has 0 aliphatic carbocycles. The third-order valence-corrected chi connectivity index (χ3v) is 5.59. The van der Waals surface area contributed by atoms with Gasteiger partial charge in [0.25, 0.3) is 10.0 Å². The minimum Gasteiger partial charge on any atom is -0.236 e. The first-order valence-corrected chi connectivity index (χ1v) is 9.25. The van der Waals surface area contributed by atoms with Crippen LogP contribution in [0.15, 0.2) is 58.7 Å². The van der Waals surface area contributed by atoms with Gasteiger partial charge in [0.2, 0.25) is 0 Å². The van der Waals surface area contributed by atoms with Gasteiger partial charge < -0.3 is 0 Å². The quantitative estimate of drug-likeness (QED) is 0.488. The lowest BCUT2D eigenvalue weighted by molar-refractivity contribution is 0.596. The summed E-state index contributed by atoms with van der Waals surface area (Å²) in [4.78, 5) is 4.21. The van der Waals surface area contributed by atoms with Crippen LogP contribution in [-0.2, 0) is 10.0 Å². The molecule has 0 aliphatic heterocycles. The minimum atomic E-state index is -3.72. The van der Waals surface area contributed by atoms with E-state index in [4.69, 9.17) is 0 Å². The second-order valence-electron chi connectivity index (χ2n) is 4.15. The summed E-state index contributed by atoms with van der Waals surface area (Å²) < 4.78 is 27.9. The number of hydrogen-bond donors (Lipinski definition) is 0. The predicted octanol–water partition coefficient (Wildman–Crippen LogP) is 4.23. The molecule has 0 radical (unpaired) electrons. The Bertz CT molecular complexity index is 866. The predicted molar refractivity (Wildman–Crippen MR) is 97.6 cm³/mol. The maximum atomic E-state index is 12.6. The van der Waals surface area contributed by atoms with Crippen LogP contribution in [0.25, 0.3) is 11.0 Å². The van der Waals surface area contributed by atoms with Crippen molar-refractivity contribution in [3.05, 3.63) is 62.3 Å². The van der Waals surface area contributed by atoms with Crippen molar-refractivity contribution in [2.24, 2.45) is 0 Å². The van der Waals surface area contributed by atoms with E-state index >= 15 is 0 Å². The summed E-state index contributed by atoms with van der Waals surface area (Å²) in [5.74, 6) is 0. The number of aromatic nitrogens is 2. The van der Waals surface area contributed by atoms with Crippen molar-refractivity contribution in [1.82, 2.24) is 8.96 Å². The largest absolute Gasteiger partial charge is 0.268 e. The van der Waals surface area contributed by atoms with Crippen LogP contribution >= 0.6 is 38.5 Å². The Morgan fingerprint density at radius 3 is 2.86 bits per heavy atom. The molecule has 2 aromatic heterocycles. The van der Waals surface area contributed by atoms with Crippen molar-refractivity contribution >= 4 is 59.6 Å². The molecule has 0 spiro atoms. The van der Waals surface area contributed by atoms with Gasteiger partial charge in [0.15, 0.2) is 5.65 Å². The molecule has 0 bridgehead atoms. The molecule has 7 heteroatoms. The van der Waals surface area contributed by atoms with Crippen LogP contribution in [0.3, 0.4) is 0 Å². The third kappa shape index (κ3) is 3.29. The fraction of sp³-hybridized carbons (Fsp3) is 0.0714. The van der Waals surface area contributed by atoms with Gasteiger partial charge in [-0.1, -0.05) is 24.8 Å². The van der Waals surface area contributed by atoms with Crippen LogP contribution in [0.1, 0.15) is 6.92 Å². The van der Waals surface area contributed by atoms with Gasteiger partial charge in [0.05, 0.1) is 4.91 Å². The number of hydrogen-bond acceptors (Lipinski definition) is 3. The van der Waals surface area contributed by atoms with Gasteiger partial charge in [-0.2, -0.15) is 0 Å². The van der Waals surface area contributed by atoms with Crippen LogP contribution in [0, 0.1) is 3.57 Å². The van der Waals surface area contributed by atoms with E-state index in [0.29, 0.717) is 5.65 Å². The summed E-state index contributed by atoms with van der Waals surface area (Å²) in [6.45, 7) is 5.49. The fourth-order valence-corrected chi connectivity index (χ4v) is 4.00. The number of rotatable bonds is 4. The van der Waals surface area contributed by atoms with Crippen molar-refractivity contribution in [1.29, 1.82) is 0 Å². The first-order valence-electron chi connectivity index (χ1n) is 5.94. The van der Waals surface area contributed by atoms with Crippen molar-refractivity contribution in [2.75, 3.05) is 0 Å². The Labute approximate surface area is 145 Å². The maximum absolute atomic E-state index is 12.6. The fourth-order valence-electron chi connectivity index (χ4n) is 1.69. The van der Waals surface area contributed by atoms with Gasteiger partial charge in [-0.05, 0) is 57.6 Å². The third-order valence-electron chi connectivity index (χ3n) is 2.71. The molecule has 0 saturated heterocycles. The molecule has 0 amide bonds. The van der Waals surface area contributed by atoms with Crippen molar-refractivity contribution in [2.45, 2.75) is 6.92 Å². The number of fused-ring (bicyclic) bond motifs is 1. The first kappa shape index (κ1) is 16.4. The standard InChI is InChI=1S/C14H12BrIN2O2S/c1-3-4-5-6-10(2)21(19,20)18-9-13(16)12-7-11(15)8-17-14(12)18/h3-9H,2H2,1H3/b4-3-,6-5-. The minimum absolute atomic E-state index is 0.0126. The van der Waals surface area contributed by atoms with Gasteiger partial charge >= 0.3 is 0 Å². The van der Waals surface area contributed by atoms with Crippen molar-refractivity contribution in [3.63, 3.8) is 0 Å². The SMILES string of the molecule is C=C(/C=C\C=C/C)S(=O)(=O)n1cc(I)c2cc(Br)cnc21. The molecule has 2 rings (SSSR count). The molecule has 0 aromatic carbocycles. The summed E-state index contributed by atoms with van der Waals surface area (Å²) in [6, 6.07) is 1.84.